The Kier molecular flexibility index (Phi) is 4.83. The molecule has 0 amide bonds. The van der Waals surface area contributed by atoms with Crippen LogP contribution in [0, 0.1) is 0 Å². The summed E-state index contributed by atoms with van der Waals surface area (Å²) >= 11 is 0. The van der Waals surface area contributed by atoms with Crippen LogP contribution in [0.25, 0.3) is 0 Å². The normalized spacial score (nSPS) is 16.3. The standard InChI is InChI=1S/C17H21N5O4S/c1-25-17-20-15(19-16(21-17)22-7-2-3-8-22)11-18-27(23,24)13-4-5-14-12(10-13)6-9-26-14/h4-5,10,18H,2-3,6-9,11H2,1H3. The molecule has 1 aromatic heterocycles. The summed E-state index contributed by atoms with van der Waals surface area (Å²) in [5.41, 5.74) is 0.899. The summed E-state index contributed by atoms with van der Waals surface area (Å²) in [6.07, 6.45) is 2.87. The fourth-order valence-electron chi connectivity index (χ4n) is 3.19. The molecule has 4 rings (SSSR count). The van der Waals surface area contributed by atoms with Gasteiger partial charge in [-0.05, 0) is 36.6 Å². The van der Waals surface area contributed by atoms with E-state index in [1.165, 1.54) is 13.2 Å². The van der Waals surface area contributed by atoms with E-state index >= 15 is 0 Å². The number of hydrogen-bond donors (Lipinski definition) is 1. The number of anilines is 1. The van der Waals surface area contributed by atoms with Crippen LogP contribution in [0.1, 0.15) is 24.2 Å². The van der Waals surface area contributed by atoms with Crippen LogP contribution in [0.15, 0.2) is 23.1 Å². The van der Waals surface area contributed by atoms with Gasteiger partial charge in [0.2, 0.25) is 16.0 Å². The molecular formula is C17H21N5O4S. The summed E-state index contributed by atoms with van der Waals surface area (Å²) < 4.78 is 38.4. The van der Waals surface area contributed by atoms with Gasteiger partial charge in [0.05, 0.1) is 25.2 Å². The first-order valence-electron chi connectivity index (χ1n) is 8.84. The van der Waals surface area contributed by atoms with Gasteiger partial charge in [0.25, 0.3) is 0 Å². The lowest BCUT2D eigenvalue weighted by Crippen LogP contribution is -2.26. The van der Waals surface area contributed by atoms with Gasteiger partial charge in [-0.3, -0.25) is 0 Å². The van der Waals surface area contributed by atoms with Crippen LogP contribution in [0.3, 0.4) is 0 Å². The van der Waals surface area contributed by atoms with E-state index in [9.17, 15) is 8.42 Å². The van der Waals surface area contributed by atoms with Gasteiger partial charge in [-0.25, -0.2) is 13.1 Å². The van der Waals surface area contributed by atoms with Crippen LogP contribution < -0.4 is 19.1 Å². The molecule has 1 saturated heterocycles. The van der Waals surface area contributed by atoms with Crippen LogP contribution in [-0.4, -0.2) is 50.2 Å². The first kappa shape index (κ1) is 17.9. The summed E-state index contributed by atoms with van der Waals surface area (Å²) in [6.45, 7) is 2.27. The summed E-state index contributed by atoms with van der Waals surface area (Å²) in [4.78, 5) is 15.1. The Morgan fingerprint density at radius 1 is 1.22 bits per heavy atom. The van der Waals surface area contributed by atoms with Gasteiger partial charge in [0, 0.05) is 19.5 Å². The minimum Gasteiger partial charge on any atom is -0.493 e. The quantitative estimate of drug-likeness (QED) is 0.774. The third-order valence-electron chi connectivity index (χ3n) is 4.61. The van der Waals surface area contributed by atoms with Crippen LogP contribution in [0.5, 0.6) is 11.8 Å². The zero-order chi connectivity index (χ0) is 18.9. The molecule has 2 aliphatic rings. The van der Waals surface area contributed by atoms with E-state index in [1.807, 2.05) is 4.90 Å². The van der Waals surface area contributed by atoms with E-state index in [1.54, 1.807) is 12.1 Å². The number of rotatable bonds is 6. The first-order valence-corrected chi connectivity index (χ1v) is 10.3. The first-order chi connectivity index (χ1) is 13.0. The molecule has 0 radical (unpaired) electrons. The Hall–Kier alpha value is -2.46. The number of ether oxygens (including phenoxy) is 2. The molecule has 1 aromatic carbocycles. The largest absolute Gasteiger partial charge is 0.493 e. The maximum atomic E-state index is 12.6. The molecule has 10 heteroatoms. The highest BCUT2D eigenvalue weighted by Gasteiger charge is 2.21. The molecule has 0 aliphatic carbocycles. The summed E-state index contributed by atoms with van der Waals surface area (Å²) in [5.74, 6) is 1.58. The number of fused-ring (bicyclic) bond motifs is 1. The van der Waals surface area contributed by atoms with Crippen LogP contribution in [-0.2, 0) is 23.0 Å². The van der Waals surface area contributed by atoms with E-state index < -0.39 is 10.0 Å². The van der Waals surface area contributed by atoms with Crippen molar-refractivity contribution < 1.29 is 17.9 Å². The lowest BCUT2D eigenvalue weighted by Gasteiger charge is -2.16. The second-order valence-corrected chi connectivity index (χ2v) is 8.19. The van der Waals surface area contributed by atoms with Crippen molar-refractivity contribution in [2.75, 3.05) is 31.7 Å². The van der Waals surface area contributed by atoms with Crippen molar-refractivity contribution in [1.82, 2.24) is 19.7 Å². The molecule has 0 atom stereocenters. The van der Waals surface area contributed by atoms with Crippen molar-refractivity contribution in [2.24, 2.45) is 0 Å². The SMILES string of the molecule is COc1nc(CNS(=O)(=O)c2ccc3c(c2)CCO3)nc(N2CCCC2)n1. The average Bonchev–Trinajstić information content (AvgIpc) is 3.37. The predicted molar refractivity (Wildman–Crippen MR) is 97.5 cm³/mol. The minimum absolute atomic E-state index is 0.0460. The molecule has 144 valence electrons. The number of nitrogens with one attached hydrogen (secondary N) is 1. The fourth-order valence-corrected chi connectivity index (χ4v) is 4.22. The predicted octanol–water partition coefficient (Wildman–Crippen LogP) is 0.894. The van der Waals surface area contributed by atoms with Crippen LogP contribution in [0.2, 0.25) is 0 Å². The van der Waals surface area contributed by atoms with Gasteiger partial charge < -0.3 is 14.4 Å². The molecule has 0 bridgehead atoms. The Bertz CT molecular complexity index is 944. The van der Waals surface area contributed by atoms with Crippen LogP contribution >= 0.6 is 0 Å². The van der Waals surface area contributed by atoms with Crippen molar-refractivity contribution in [3.05, 3.63) is 29.6 Å². The van der Waals surface area contributed by atoms with Crippen molar-refractivity contribution in [3.8, 4) is 11.8 Å². The lowest BCUT2D eigenvalue weighted by molar-refractivity contribution is 0.356. The van der Waals surface area contributed by atoms with Crippen molar-refractivity contribution >= 4 is 16.0 Å². The topological polar surface area (TPSA) is 107 Å². The molecule has 2 aromatic rings. The van der Waals surface area contributed by atoms with Gasteiger partial charge in [0.15, 0.2) is 5.82 Å². The fraction of sp³-hybridized carbons (Fsp3) is 0.471. The Morgan fingerprint density at radius 2 is 2.04 bits per heavy atom. The molecule has 1 fully saturated rings. The van der Waals surface area contributed by atoms with Crippen molar-refractivity contribution in [1.29, 1.82) is 0 Å². The van der Waals surface area contributed by atoms with E-state index in [2.05, 4.69) is 19.7 Å². The second-order valence-electron chi connectivity index (χ2n) is 6.43. The molecule has 0 unspecified atom stereocenters. The Labute approximate surface area is 157 Å². The van der Waals surface area contributed by atoms with Crippen molar-refractivity contribution in [2.45, 2.75) is 30.7 Å². The monoisotopic (exact) mass is 391 g/mol. The number of sulfonamides is 1. The highest BCUT2D eigenvalue weighted by atomic mass is 32.2. The number of hydrogen-bond acceptors (Lipinski definition) is 8. The summed E-state index contributed by atoms with van der Waals surface area (Å²) in [7, 11) is -2.22. The molecule has 3 heterocycles. The molecule has 27 heavy (non-hydrogen) atoms. The molecule has 2 aliphatic heterocycles. The third kappa shape index (κ3) is 3.81. The maximum Gasteiger partial charge on any atom is 0.321 e. The van der Waals surface area contributed by atoms with Gasteiger partial charge in [-0.1, -0.05) is 0 Å². The van der Waals surface area contributed by atoms with E-state index in [4.69, 9.17) is 9.47 Å². The second kappa shape index (κ2) is 7.28. The summed E-state index contributed by atoms with van der Waals surface area (Å²) in [5, 5.41) is 0. The van der Waals surface area contributed by atoms with Gasteiger partial charge in [-0.2, -0.15) is 15.0 Å². The number of nitrogens with zero attached hydrogens (tertiary/aromatic N) is 4. The highest BCUT2D eigenvalue weighted by Crippen LogP contribution is 2.27. The molecular weight excluding hydrogens is 370 g/mol. The van der Waals surface area contributed by atoms with Crippen LogP contribution in [0.4, 0.5) is 5.95 Å². The zero-order valence-corrected chi connectivity index (χ0v) is 15.8. The third-order valence-corrected chi connectivity index (χ3v) is 6.01. The van der Waals surface area contributed by atoms with E-state index in [0.717, 1.165) is 37.2 Å². The highest BCUT2D eigenvalue weighted by molar-refractivity contribution is 7.89. The average molecular weight is 391 g/mol. The van der Waals surface area contributed by atoms with Gasteiger partial charge in [0.1, 0.15) is 5.75 Å². The Balaban J connectivity index is 1.52. The molecule has 0 spiro atoms. The van der Waals surface area contributed by atoms with Gasteiger partial charge in [-0.15, -0.1) is 0 Å². The van der Waals surface area contributed by atoms with E-state index in [-0.39, 0.29) is 17.5 Å². The van der Waals surface area contributed by atoms with E-state index in [0.29, 0.717) is 24.8 Å². The zero-order valence-electron chi connectivity index (χ0n) is 15.0. The number of aromatic nitrogens is 3. The number of benzene rings is 1. The molecule has 1 N–H and O–H groups in total. The smallest absolute Gasteiger partial charge is 0.321 e. The van der Waals surface area contributed by atoms with Gasteiger partial charge >= 0.3 is 6.01 Å². The number of methoxy groups -OCH3 is 1. The maximum absolute atomic E-state index is 12.6. The molecule has 9 nitrogen and oxygen atoms in total. The Morgan fingerprint density at radius 3 is 2.81 bits per heavy atom. The minimum atomic E-state index is -3.69. The lowest BCUT2D eigenvalue weighted by atomic mass is 10.2. The van der Waals surface area contributed by atoms with Crippen molar-refractivity contribution in [3.63, 3.8) is 0 Å². The molecule has 0 saturated carbocycles. The summed E-state index contributed by atoms with van der Waals surface area (Å²) in [6, 6.07) is 5.05.